The van der Waals surface area contributed by atoms with E-state index >= 15 is 0 Å². The number of carbonyl (C=O) groups excluding carboxylic acids is 1. The van der Waals surface area contributed by atoms with Crippen molar-refractivity contribution in [2.75, 3.05) is 24.3 Å². The predicted octanol–water partition coefficient (Wildman–Crippen LogP) is 2.28. The van der Waals surface area contributed by atoms with Crippen LogP contribution in [0.2, 0.25) is 0 Å². The summed E-state index contributed by atoms with van der Waals surface area (Å²) in [5, 5.41) is 9.84. The van der Waals surface area contributed by atoms with Gasteiger partial charge in [0.25, 0.3) is 0 Å². The highest BCUT2D eigenvalue weighted by Crippen LogP contribution is 2.25. The van der Waals surface area contributed by atoms with E-state index < -0.39 is 9.84 Å². The van der Waals surface area contributed by atoms with Crippen molar-refractivity contribution in [1.82, 2.24) is 10.2 Å². The van der Waals surface area contributed by atoms with E-state index in [1.807, 2.05) is 6.07 Å². The number of aromatic nitrogens is 2. The molecule has 1 amide bonds. The lowest BCUT2D eigenvalue weighted by Gasteiger charge is -2.20. The molecule has 1 aromatic carbocycles. The first kappa shape index (κ1) is 18.6. The van der Waals surface area contributed by atoms with Crippen LogP contribution in [-0.4, -0.2) is 43.5 Å². The number of amides is 1. The van der Waals surface area contributed by atoms with E-state index in [2.05, 4.69) is 15.5 Å². The molecular weight excluding hydrogens is 354 g/mol. The van der Waals surface area contributed by atoms with Gasteiger partial charge < -0.3 is 10.1 Å². The Balaban J connectivity index is 1.62. The van der Waals surface area contributed by atoms with Crippen LogP contribution in [0.1, 0.15) is 36.9 Å². The summed E-state index contributed by atoms with van der Waals surface area (Å²) in [7, 11) is -3.29. The summed E-state index contributed by atoms with van der Waals surface area (Å²) in [5.41, 5.74) is 1.60. The molecule has 0 aliphatic carbocycles. The Kier molecular flexibility index (Phi) is 5.73. The summed E-state index contributed by atoms with van der Waals surface area (Å²) in [6, 6.07) is 8.32. The smallest absolute Gasteiger partial charge is 0.229 e. The second kappa shape index (κ2) is 8.01. The molecule has 3 rings (SSSR count). The van der Waals surface area contributed by atoms with E-state index in [4.69, 9.17) is 4.74 Å². The minimum atomic E-state index is -3.29. The van der Waals surface area contributed by atoms with Crippen LogP contribution in [0, 0.1) is 0 Å². The number of benzene rings is 1. The zero-order chi connectivity index (χ0) is 18.6. The fourth-order valence-electron chi connectivity index (χ4n) is 2.98. The Labute approximate surface area is 153 Å². The fraction of sp³-hybridized carbons (Fsp3) is 0.444. The van der Waals surface area contributed by atoms with Gasteiger partial charge in [-0.15, -0.1) is 0 Å². The van der Waals surface area contributed by atoms with Gasteiger partial charge in [0.15, 0.2) is 15.7 Å². The number of hydrogen-bond donors (Lipinski definition) is 2. The number of ether oxygens (including phenoxy) is 1. The average molecular weight is 377 g/mol. The van der Waals surface area contributed by atoms with Crippen molar-refractivity contribution in [3.05, 3.63) is 41.6 Å². The summed E-state index contributed by atoms with van der Waals surface area (Å²) < 4.78 is 29.4. The number of sulfone groups is 1. The number of nitrogens with one attached hydrogen (secondary N) is 2. The molecule has 2 heterocycles. The molecule has 140 valence electrons. The quantitative estimate of drug-likeness (QED) is 0.804. The zero-order valence-electron chi connectivity index (χ0n) is 14.7. The minimum Gasteiger partial charge on any atom is -0.381 e. The lowest BCUT2D eigenvalue weighted by atomic mass is 9.99. The molecule has 1 aliphatic heterocycles. The van der Waals surface area contributed by atoms with Crippen molar-refractivity contribution in [1.29, 1.82) is 0 Å². The summed E-state index contributed by atoms with van der Waals surface area (Å²) in [6.07, 6.45) is 2.14. The number of anilines is 1. The Morgan fingerprint density at radius 2 is 2.23 bits per heavy atom. The maximum atomic E-state index is 12.3. The van der Waals surface area contributed by atoms with Gasteiger partial charge in [0.2, 0.25) is 5.91 Å². The third-order valence-electron chi connectivity index (χ3n) is 4.47. The molecule has 1 fully saturated rings. The standard InChI is InChI=1S/C18H23N3O4S/c1-2-26(23,24)15-7-3-5-13(9-15)10-18(22)19-17-11-16(20-21-17)14-6-4-8-25-12-14/h3,5,7,9,11,14H,2,4,6,8,10,12H2,1H3,(H2,19,20,21,22). The van der Waals surface area contributed by atoms with Crippen LogP contribution in [0.3, 0.4) is 0 Å². The summed E-state index contributed by atoms with van der Waals surface area (Å²) in [6.45, 7) is 3.05. The second-order valence-electron chi connectivity index (χ2n) is 6.40. The van der Waals surface area contributed by atoms with Crippen molar-refractivity contribution in [3.8, 4) is 0 Å². The Hall–Kier alpha value is -2.19. The number of hydrogen-bond acceptors (Lipinski definition) is 5. The van der Waals surface area contributed by atoms with Crippen molar-refractivity contribution >= 4 is 21.6 Å². The van der Waals surface area contributed by atoms with Gasteiger partial charge >= 0.3 is 0 Å². The van der Waals surface area contributed by atoms with Gasteiger partial charge in [-0.25, -0.2) is 8.42 Å². The molecule has 1 atom stereocenters. The monoisotopic (exact) mass is 377 g/mol. The van der Waals surface area contributed by atoms with E-state index in [0.717, 1.165) is 25.1 Å². The molecule has 0 radical (unpaired) electrons. The fourth-order valence-corrected chi connectivity index (χ4v) is 3.93. The number of carbonyl (C=O) groups is 1. The molecule has 0 spiro atoms. The van der Waals surface area contributed by atoms with E-state index in [9.17, 15) is 13.2 Å². The third kappa shape index (κ3) is 4.50. The molecule has 1 saturated heterocycles. The van der Waals surface area contributed by atoms with Gasteiger partial charge in [0.1, 0.15) is 0 Å². The number of rotatable bonds is 6. The molecule has 26 heavy (non-hydrogen) atoms. The largest absolute Gasteiger partial charge is 0.381 e. The van der Waals surface area contributed by atoms with Crippen molar-refractivity contribution < 1.29 is 17.9 Å². The van der Waals surface area contributed by atoms with E-state index in [1.54, 1.807) is 31.2 Å². The van der Waals surface area contributed by atoms with Crippen LogP contribution in [0.5, 0.6) is 0 Å². The Morgan fingerprint density at radius 1 is 1.38 bits per heavy atom. The third-order valence-corrected chi connectivity index (χ3v) is 6.20. The summed E-state index contributed by atoms with van der Waals surface area (Å²) >= 11 is 0. The molecule has 1 unspecified atom stereocenters. The van der Waals surface area contributed by atoms with Crippen molar-refractivity contribution in [2.45, 2.75) is 37.0 Å². The van der Waals surface area contributed by atoms with Crippen LogP contribution in [-0.2, 0) is 25.8 Å². The maximum absolute atomic E-state index is 12.3. The van der Waals surface area contributed by atoms with Crippen LogP contribution in [0.15, 0.2) is 35.2 Å². The number of aromatic amines is 1. The van der Waals surface area contributed by atoms with Gasteiger partial charge in [-0.1, -0.05) is 19.1 Å². The van der Waals surface area contributed by atoms with E-state index in [0.29, 0.717) is 18.0 Å². The van der Waals surface area contributed by atoms with Gasteiger partial charge in [-0.3, -0.25) is 9.89 Å². The van der Waals surface area contributed by atoms with Crippen LogP contribution in [0.25, 0.3) is 0 Å². The molecule has 0 saturated carbocycles. The Morgan fingerprint density at radius 3 is 2.96 bits per heavy atom. The van der Waals surface area contributed by atoms with Gasteiger partial charge in [0.05, 0.1) is 23.7 Å². The topological polar surface area (TPSA) is 101 Å². The van der Waals surface area contributed by atoms with Gasteiger partial charge in [-0.2, -0.15) is 5.10 Å². The summed E-state index contributed by atoms with van der Waals surface area (Å²) in [4.78, 5) is 12.5. The van der Waals surface area contributed by atoms with Crippen LogP contribution >= 0.6 is 0 Å². The molecule has 1 aliphatic rings. The highest BCUT2D eigenvalue weighted by molar-refractivity contribution is 7.91. The number of nitrogens with zero attached hydrogens (tertiary/aromatic N) is 1. The molecule has 0 bridgehead atoms. The first-order valence-corrected chi connectivity index (χ1v) is 10.4. The lowest BCUT2D eigenvalue weighted by Crippen LogP contribution is -2.16. The first-order valence-electron chi connectivity index (χ1n) is 8.72. The predicted molar refractivity (Wildman–Crippen MR) is 97.9 cm³/mol. The molecule has 1 aromatic heterocycles. The SMILES string of the molecule is CCS(=O)(=O)c1cccc(CC(=O)Nc2cc(C3CCCOC3)[nH]n2)c1. The molecular formula is C18H23N3O4S. The normalized spacial score (nSPS) is 17.8. The van der Waals surface area contributed by atoms with E-state index in [1.165, 1.54) is 0 Å². The second-order valence-corrected chi connectivity index (χ2v) is 8.68. The van der Waals surface area contributed by atoms with E-state index in [-0.39, 0.29) is 28.9 Å². The van der Waals surface area contributed by atoms with Gasteiger partial charge in [-0.05, 0) is 30.5 Å². The van der Waals surface area contributed by atoms with Crippen LogP contribution < -0.4 is 5.32 Å². The molecule has 7 nitrogen and oxygen atoms in total. The maximum Gasteiger partial charge on any atom is 0.229 e. The van der Waals surface area contributed by atoms with Crippen molar-refractivity contribution in [2.24, 2.45) is 0 Å². The molecule has 2 N–H and O–H groups in total. The average Bonchev–Trinajstić information content (AvgIpc) is 3.11. The van der Waals surface area contributed by atoms with Gasteiger partial charge in [0, 0.05) is 24.3 Å². The highest BCUT2D eigenvalue weighted by atomic mass is 32.2. The van der Waals surface area contributed by atoms with Crippen LogP contribution in [0.4, 0.5) is 5.82 Å². The summed E-state index contributed by atoms with van der Waals surface area (Å²) in [5.74, 6) is 0.531. The zero-order valence-corrected chi connectivity index (χ0v) is 15.5. The Bertz CT molecular complexity index is 870. The molecule has 8 heteroatoms. The minimum absolute atomic E-state index is 0.0313. The first-order chi connectivity index (χ1) is 12.5. The lowest BCUT2D eigenvalue weighted by molar-refractivity contribution is -0.115. The van der Waals surface area contributed by atoms with Crippen molar-refractivity contribution in [3.63, 3.8) is 0 Å². The highest BCUT2D eigenvalue weighted by Gasteiger charge is 2.19. The molecule has 2 aromatic rings. The number of H-pyrrole nitrogens is 1.